The van der Waals surface area contributed by atoms with Gasteiger partial charge in [-0.15, -0.1) is 0 Å². The average molecular weight is 263 g/mol. The van der Waals surface area contributed by atoms with Crippen LogP contribution in [0.1, 0.15) is 6.92 Å². The van der Waals surface area contributed by atoms with E-state index in [-0.39, 0.29) is 10.7 Å². The summed E-state index contributed by atoms with van der Waals surface area (Å²) in [5.41, 5.74) is 0.639. The first-order valence-corrected chi connectivity index (χ1v) is 5.10. The molecule has 0 saturated carbocycles. The number of hydrogen-bond donors (Lipinski definition) is 1. The molecule has 4 heteroatoms. The van der Waals surface area contributed by atoms with Gasteiger partial charge in [-0.2, -0.15) is 0 Å². The smallest absolute Gasteiger partial charge is 0.237 e. The van der Waals surface area contributed by atoms with E-state index in [0.29, 0.717) is 10.7 Å². The number of rotatable bonds is 2. The minimum Gasteiger partial charge on any atom is -0.324 e. The summed E-state index contributed by atoms with van der Waals surface area (Å²) in [5.74, 6) is -0.104. The molecule has 70 valence electrons. The highest BCUT2D eigenvalue weighted by atomic mass is 79.9. The molecule has 1 amide bonds. The summed E-state index contributed by atoms with van der Waals surface area (Å²) in [6.45, 7) is 1.76. The van der Waals surface area contributed by atoms with E-state index in [0.717, 1.165) is 0 Å². The third kappa shape index (κ3) is 3.01. The van der Waals surface area contributed by atoms with Crippen LogP contribution in [0.15, 0.2) is 24.3 Å². The summed E-state index contributed by atoms with van der Waals surface area (Å²) < 4.78 is 0. The van der Waals surface area contributed by atoms with Gasteiger partial charge >= 0.3 is 0 Å². The Hall–Kier alpha value is -0.540. The molecular weight excluding hydrogens is 253 g/mol. The zero-order valence-corrected chi connectivity index (χ0v) is 9.39. The van der Waals surface area contributed by atoms with Gasteiger partial charge in [0.1, 0.15) is 0 Å². The van der Waals surface area contributed by atoms with Gasteiger partial charge in [0, 0.05) is 0 Å². The Morgan fingerprint density at radius 3 is 2.69 bits per heavy atom. The molecule has 0 aliphatic carbocycles. The number of carbonyl (C=O) groups is 1. The summed E-state index contributed by atoms with van der Waals surface area (Å²) >= 11 is 9.01. The molecule has 0 spiro atoms. The van der Waals surface area contributed by atoms with Gasteiger partial charge in [-0.3, -0.25) is 4.79 Å². The Labute approximate surface area is 90.4 Å². The van der Waals surface area contributed by atoms with E-state index >= 15 is 0 Å². The molecule has 1 unspecified atom stereocenters. The zero-order valence-electron chi connectivity index (χ0n) is 7.05. The van der Waals surface area contributed by atoms with Crippen molar-refractivity contribution in [3.63, 3.8) is 0 Å². The van der Waals surface area contributed by atoms with Crippen molar-refractivity contribution in [1.29, 1.82) is 0 Å². The number of anilines is 1. The van der Waals surface area contributed by atoms with Crippen LogP contribution in [-0.4, -0.2) is 10.7 Å². The first-order valence-electron chi connectivity index (χ1n) is 3.80. The average Bonchev–Trinajstić information content (AvgIpc) is 2.08. The topological polar surface area (TPSA) is 29.1 Å². The van der Waals surface area contributed by atoms with Crippen LogP contribution in [-0.2, 0) is 4.79 Å². The molecular formula is C9H9BrClNO. The van der Waals surface area contributed by atoms with Crippen LogP contribution in [0.5, 0.6) is 0 Å². The fraction of sp³-hybridized carbons (Fsp3) is 0.222. The van der Waals surface area contributed by atoms with Crippen molar-refractivity contribution in [2.75, 3.05) is 5.32 Å². The Kier molecular flexibility index (Phi) is 3.75. The lowest BCUT2D eigenvalue weighted by Crippen LogP contribution is -2.19. The highest BCUT2D eigenvalue weighted by Crippen LogP contribution is 2.20. The molecule has 0 heterocycles. The number of alkyl halides is 1. The van der Waals surface area contributed by atoms with E-state index in [2.05, 4.69) is 21.2 Å². The number of amides is 1. The number of halogens is 2. The monoisotopic (exact) mass is 261 g/mol. The molecule has 1 rings (SSSR count). The van der Waals surface area contributed by atoms with E-state index in [1.807, 2.05) is 12.1 Å². The van der Waals surface area contributed by atoms with Crippen molar-refractivity contribution in [3.8, 4) is 0 Å². The van der Waals surface area contributed by atoms with Crippen LogP contribution in [0.3, 0.4) is 0 Å². The second-order valence-electron chi connectivity index (χ2n) is 2.59. The van der Waals surface area contributed by atoms with Gasteiger partial charge in [-0.25, -0.2) is 0 Å². The molecule has 0 bridgehead atoms. The molecule has 1 N–H and O–H groups in total. The summed E-state index contributed by atoms with van der Waals surface area (Å²) in [6.07, 6.45) is 0. The van der Waals surface area contributed by atoms with E-state index in [4.69, 9.17) is 11.6 Å². The third-order valence-electron chi connectivity index (χ3n) is 1.49. The van der Waals surface area contributed by atoms with Gasteiger partial charge in [-0.05, 0) is 19.1 Å². The van der Waals surface area contributed by atoms with Gasteiger partial charge < -0.3 is 5.32 Å². The maximum absolute atomic E-state index is 11.2. The van der Waals surface area contributed by atoms with E-state index in [1.54, 1.807) is 19.1 Å². The SMILES string of the molecule is CC(Br)C(=O)Nc1ccccc1Cl. The van der Waals surface area contributed by atoms with Crippen LogP contribution in [0, 0.1) is 0 Å². The third-order valence-corrected chi connectivity index (χ3v) is 2.24. The van der Waals surface area contributed by atoms with Crippen LogP contribution >= 0.6 is 27.5 Å². The van der Waals surface area contributed by atoms with Gasteiger partial charge in [0.25, 0.3) is 0 Å². The van der Waals surface area contributed by atoms with Crippen molar-refractivity contribution in [3.05, 3.63) is 29.3 Å². The molecule has 1 atom stereocenters. The van der Waals surface area contributed by atoms with Crippen molar-refractivity contribution < 1.29 is 4.79 Å². The quantitative estimate of drug-likeness (QED) is 0.816. The predicted molar refractivity (Wildman–Crippen MR) is 58.5 cm³/mol. The minimum atomic E-state index is -0.219. The Bertz CT molecular complexity index is 314. The highest BCUT2D eigenvalue weighted by Gasteiger charge is 2.09. The van der Waals surface area contributed by atoms with E-state index in [9.17, 15) is 4.79 Å². The number of carbonyl (C=O) groups excluding carboxylic acids is 1. The molecule has 1 aromatic carbocycles. The largest absolute Gasteiger partial charge is 0.324 e. The molecule has 0 aliphatic heterocycles. The molecule has 0 aromatic heterocycles. The molecule has 0 radical (unpaired) electrons. The van der Waals surface area contributed by atoms with Crippen LogP contribution in [0.4, 0.5) is 5.69 Å². The normalized spacial score (nSPS) is 12.2. The van der Waals surface area contributed by atoms with Crippen molar-refractivity contribution >= 4 is 39.1 Å². The molecule has 1 aromatic rings. The first-order chi connectivity index (χ1) is 6.11. The second kappa shape index (κ2) is 4.63. The highest BCUT2D eigenvalue weighted by molar-refractivity contribution is 9.10. The van der Waals surface area contributed by atoms with Gasteiger partial charge in [0.2, 0.25) is 5.91 Å². The summed E-state index contributed by atoms with van der Waals surface area (Å²) in [4.78, 5) is 11.0. The van der Waals surface area contributed by atoms with E-state index in [1.165, 1.54) is 0 Å². The summed E-state index contributed by atoms with van der Waals surface area (Å²) in [6, 6.07) is 7.13. The summed E-state index contributed by atoms with van der Waals surface area (Å²) in [5, 5.41) is 3.24. The number of hydrogen-bond acceptors (Lipinski definition) is 1. The molecule has 0 fully saturated rings. The minimum absolute atomic E-state index is 0.104. The lowest BCUT2D eigenvalue weighted by molar-refractivity contribution is -0.115. The standard InChI is InChI=1S/C9H9BrClNO/c1-6(10)9(13)12-8-5-3-2-4-7(8)11/h2-6H,1H3,(H,12,13). The van der Waals surface area contributed by atoms with Gasteiger partial charge in [0.15, 0.2) is 0 Å². The van der Waals surface area contributed by atoms with Gasteiger partial charge in [0.05, 0.1) is 15.5 Å². The Morgan fingerprint density at radius 2 is 2.15 bits per heavy atom. The number of benzene rings is 1. The Morgan fingerprint density at radius 1 is 1.54 bits per heavy atom. The lowest BCUT2D eigenvalue weighted by atomic mass is 10.3. The van der Waals surface area contributed by atoms with Crippen LogP contribution < -0.4 is 5.32 Å². The predicted octanol–water partition coefficient (Wildman–Crippen LogP) is 3.06. The Balaban J connectivity index is 2.75. The van der Waals surface area contributed by atoms with Crippen molar-refractivity contribution in [2.24, 2.45) is 0 Å². The molecule has 0 saturated heterocycles. The molecule has 2 nitrogen and oxygen atoms in total. The molecule has 13 heavy (non-hydrogen) atoms. The van der Waals surface area contributed by atoms with Gasteiger partial charge in [-0.1, -0.05) is 39.7 Å². The fourth-order valence-corrected chi connectivity index (χ4v) is 1.09. The van der Waals surface area contributed by atoms with Crippen molar-refractivity contribution in [1.82, 2.24) is 0 Å². The summed E-state index contributed by atoms with van der Waals surface area (Å²) in [7, 11) is 0. The van der Waals surface area contributed by atoms with Crippen LogP contribution in [0.25, 0.3) is 0 Å². The van der Waals surface area contributed by atoms with Crippen molar-refractivity contribution in [2.45, 2.75) is 11.8 Å². The van der Waals surface area contributed by atoms with E-state index < -0.39 is 0 Å². The number of nitrogens with one attached hydrogen (secondary N) is 1. The van der Waals surface area contributed by atoms with Crippen LogP contribution in [0.2, 0.25) is 5.02 Å². The maximum Gasteiger partial charge on any atom is 0.237 e. The maximum atomic E-state index is 11.2. The zero-order chi connectivity index (χ0) is 9.84. The first kappa shape index (κ1) is 10.5. The molecule has 0 aliphatic rings. The fourth-order valence-electron chi connectivity index (χ4n) is 0.795. The second-order valence-corrected chi connectivity index (χ2v) is 4.37. The number of para-hydroxylation sites is 1. The lowest BCUT2D eigenvalue weighted by Gasteiger charge is -2.07.